The summed E-state index contributed by atoms with van der Waals surface area (Å²) in [5.74, 6) is 1.56. The van der Waals surface area contributed by atoms with E-state index >= 15 is 0 Å². The molecule has 0 amide bonds. The van der Waals surface area contributed by atoms with Gasteiger partial charge >= 0.3 is 5.97 Å². The molecule has 15 heavy (non-hydrogen) atoms. The molecule has 1 saturated heterocycles. The molecule has 4 heteroatoms. The number of carbonyl (C=O) groups excluding carboxylic acids is 1. The van der Waals surface area contributed by atoms with E-state index < -0.39 is 5.41 Å². The summed E-state index contributed by atoms with van der Waals surface area (Å²) in [6, 6.07) is 0. The van der Waals surface area contributed by atoms with Crippen molar-refractivity contribution in [2.45, 2.75) is 46.5 Å². The Morgan fingerprint density at radius 1 is 1.53 bits per heavy atom. The minimum Gasteiger partial charge on any atom is -0.434 e. The third kappa shape index (κ3) is 3.68. The molecule has 88 valence electrons. The van der Waals surface area contributed by atoms with Crippen LogP contribution in [0.3, 0.4) is 0 Å². The van der Waals surface area contributed by atoms with Gasteiger partial charge in [-0.1, -0.05) is 6.92 Å². The van der Waals surface area contributed by atoms with E-state index in [0.29, 0.717) is 0 Å². The summed E-state index contributed by atoms with van der Waals surface area (Å²) < 4.78 is 10.9. The molecule has 1 aliphatic heterocycles. The van der Waals surface area contributed by atoms with Crippen molar-refractivity contribution in [3.63, 3.8) is 0 Å². The minimum absolute atomic E-state index is 0.162. The van der Waals surface area contributed by atoms with Gasteiger partial charge in [-0.2, -0.15) is 11.8 Å². The van der Waals surface area contributed by atoms with Gasteiger partial charge in [-0.25, -0.2) is 0 Å². The number of esters is 1. The number of thioether (sulfide) groups is 1. The van der Waals surface area contributed by atoms with E-state index in [9.17, 15) is 4.79 Å². The third-order valence-corrected chi connectivity index (χ3v) is 3.88. The maximum absolute atomic E-state index is 11.8. The fraction of sp³-hybridized carbons (Fsp3) is 0.909. The van der Waals surface area contributed by atoms with Crippen LogP contribution >= 0.6 is 11.8 Å². The Hall–Kier alpha value is -0.220. The molecule has 0 bridgehead atoms. The summed E-state index contributed by atoms with van der Waals surface area (Å²) in [5, 5.41) is 0. The summed E-state index contributed by atoms with van der Waals surface area (Å²) in [5.41, 5.74) is -0.408. The maximum atomic E-state index is 11.8. The second-order valence-corrected chi connectivity index (χ2v) is 5.63. The van der Waals surface area contributed by atoms with Gasteiger partial charge in [0.25, 0.3) is 0 Å². The van der Waals surface area contributed by atoms with Gasteiger partial charge in [0.05, 0.1) is 17.3 Å². The Labute approximate surface area is 95.9 Å². The molecule has 1 rings (SSSR count). The number of hydrogen-bond donors (Lipinski definition) is 0. The zero-order valence-electron chi connectivity index (χ0n) is 9.91. The van der Waals surface area contributed by atoms with E-state index in [1.807, 2.05) is 27.7 Å². The fourth-order valence-corrected chi connectivity index (χ4v) is 2.04. The van der Waals surface area contributed by atoms with E-state index in [1.165, 1.54) is 0 Å². The molecule has 0 aromatic heterocycles. The molecule has 0 aliphatic carbocycles. The van der Waals surface area contributed by atoms with E-state index in [-0.39, 0.29) is 18.4 Å². The van der Waals surface area contributed by atoms with Gasteiger partial charge in [0.1, 0.15) is 0 Å². The van der Waals surface area contributed by atoms with Crippen molar-refractivity contribution < 1.29 is 14.3 Å². The first-order valence-electron chi connectivity index (χ1n) is 5.40. The van der Waals surface area contributed by atoms with E-state index in [1.54, 1.807) is 11.8 Å². The lowest BCUT2D eigenvalue weighted by Gasteiger charge is -2.30. The number of carbonyl (C=O) groups is 1. The van der Waals surface area contributed by atoms with Gasteiger partial charge in [0.2, 0.25) is 6.29 Å². The van der Waals surface area contributed by atoms with Gasteiger partial charge in [-0.3, -0.25) is 4.79 Å². The quantitative estimate of drug-likeness (QED) is 0.700. The zero-order chi connectivity index (χ0) is 11.5. The highest BCUT2D eigenvalue weighted by atomic mass is 32.2. The molecule has 0 aromatic rings. The Morgan fingerprint density at radius 3 is 2.73 bits per heavy atom. The van der Waals surface area contributed by atoms with Crippen LogP contribution in [0.15, 0.2) is 0 Å². The number of ether oxygens (including phenoxy) is 2. The average Bonchev–Trinajstić information content (AvgIpc) is 2.17. The smallest absolute Gasteiger partial charge is 0.313 e. The van der Waals surface area contributed by atoms with Crippen LogP contribution in [0.1, 0.15) is 34.1 Å². The van der Waals surface area contributed by atoms with Gasteiger partial charge in [0.15, 0.2) is 0 Å². The highest BCUT2D eigenvalue weighted by molar-refractivity contribution is 7.99. The van der Waals surface area contributed by atoms with Crippen LogP contribution in [0.25, 0.3) is 0 Å². The third-order valence-electron chi connectivity index (χ3n) is 2.67. The van der Waals surface area contributed by atoms with Crippen LogP contribution in [-0.4, -0.2) is 29.9 Å². The Balaban J connectivity index is 2.44. The van der Waals surface area contributed by atoms with Crippen LogP contribution in [0.4, 0.5) is 0 Å². The summed E-state index contributed by atoms with van der Waals surface area (Å²) in [7, 11) is 0. The van der Waals surface area contributed by atoms with Crippen molar-refractivity contribution >= 4 is 17.7 Å². The van der Waals surface area contributed by atoms with E-state index in [0.717, 1.165) is 17.9 Å². The monoisotopic (exact) mass is 232 g/mol. The molecule has 0 N–H and O–H groups in total. The Kier molecular flexibility index (Phi) is 4.46. The summed E-state index contributed by atoms with van der Waals surface area (Å²) in [4.78, 5) is 11.8. The van der Waals surface area contributed by atoms with Crippen LogP contribution in [0.5, 0.6) is 0 Å². The number of rotatable bonds is 3. The SMILES string of the molecule is CCC(C)(C)C(=O)OC1CSCC(C)O1. The topological polar surface area (TPSA) is 35.5 Å². The van der Waals surface area contributed by atoms with Crippen molar-refractivity contribution in [1.29, 1.82) is 0 Å². The molecule has 2 unspecified atom stereocenters. The van der Waals surface area contributed by atoms with Crippen molar-refractivity contribution in [1.82, 2.24) is 0 Å². The molecule has 0 radical (unpaired) electrons. The number of hydrogen-bond acceptors (Lipinski definition) is 4. The molecule has 2 atom stereocenters. The molecular formula is C11H20O3S. The molecule has 0 aromatic carbocycles. The van der Waals surface area contributed by atoms with Crippen LogP contribution in [-0.2, 0) is 14.3 Å². The van der Waals surface area contributed by atoms with Crippen molar-refractivity contribution in [2.24, 2.45) is 5.41 Å². The average molecular weight is 232 g/mol. The lowest BCUT2D eigenvalue weighted by atomic mass is 9.91. The Morgan fingerprint density at radius 2 is 2.20 bits per heavy atom. The lowest BCUT2D eigenvalue weighted by molar-refractivity contribution is -0.191. The Bertz CT molecular complexity index is 228. The normalized spacial score (nSPS) is 27.5. The highest BCUT2D eigenvalue weighted by Gasteiger charge is 2.31. The summed E-state index contributed by atoms with van der Waals surface area (Å²) in [6.45, 7) is 7.78. The van der Waals surface area contributed by atoms with Gasteiger partial charge < -0.3 is 9.47 Å². The molecule has 1 heterocycles. The minimum atomic E-state index is -0.408. The predicted molar refractivity (Wildman–Crippen MR) is 61.8 cm³/mol. The zero-order valence-corrected chi connectivity index (χ0v) is 10.7. The summed E-state index contributed by atoms with van der Waals surface area (Å²) >= 11 is 1.77. The summed E-state index contributed by atoms with van der Waals surface area (Å²) in [6.07, 6.45) is 0.588. The van der Waals surface area contributed by atoms with Crippen molar-refractivity contribution in [3.8, 4) is 0 Å². The van der Waals surface area contributed by atoms with Crippen LogP contribution in [0.2, 0.25) is 0 Å². The molecule has 0 spiro atoms. The molecule has 1 fully saturated rings. The van der Waals surface area contributed by atoms with E-state index in [2.05, 4.69) is 0 Å². The van der Waals surface area contributed by atoms with Crippen LogP contribution < -0.4 is 0 Å². The molecule has 3 nitrogen and oxygen atoms in total. The fourth-order valence-electron chi connectivity index (χ4n) is 1.15. The second kappa shape index (κ2) is 5.21. The molecular weight excluding hydrogens is 212 g/mol. The predicted octanol–water partition coefficient (Wildman–Crippen LogP) is 2.44. The maximum Gasteiger partial charge on any atom is 0.313 e. The van der Waals surface area contributed by atoms with Crippen molar-refractivity contribution in [3.05, 3.63) is 0 Å². The molecule has 1 aliphatic rings. The first kappa shape index (κ1) is 12.8. The van der Waals surface area contributed by atoms with Gasteiger partial charge in [-0.05, 0) is 27.2 Å². The first-order chi connectivity index (χ1) is 6.95. The van der Waals surface area contributed by atoms with Crippen molar-refractivity contribution in [2.75, 3.05) is 11.5 Å². The first-order valence-corrected chi connectivity index (χ1v) is 6.55. The van der Waals surface area contributed by atoms with Crippen LogP contribution in [0, 0.1) is 5.41 Å². The second-order valence-electron chi connectivity index (χ2n) is 4.56. The molecule has 0 saturated carbocycles. The van der Waals surface area contributed by atoms with Gasteiger partial charge in [0, 0.05) is 5.75 Å². The largest absolute Gasteiger partial charge is 0.434 e. The standard InChI is InChI=1S/C11H20O3S/c1-5-11(3,4)10(12)14-9-7-15-6-8(2)13-9/h8-9H,5-7H2,1-4H3. The lowest BCUT2D eigenvalue weighted by Crippen LogP contribution is -2.37. The van der Waals surface area contributed by atoms with Gasteiger partial charge in [-0.15, -0.1) is 0 Å². The highest BCUT2D eigenvalue weighted by Crippen LogP contribution is 2.25. The van der Waals surface area contributed by atoms with E-state index in [4.69, 9.17) is 9.47 Å².